The fourth-order valence-corrected chi connectivity index (χ4v) is 8.29. The van der Waals surface area contributed by atoms with Gasteiger partial charge in [0.1, 0.15) is 11.6 Å². The Morgan fingerprint density at radius 3 is 1.40 bits per heavy atom. The van der Waals surface area contributed by atoms with Crippen molar-refractivity contribution in [2.75, 3.05) is 4.90 Å². The van der Waals surface area contributed by atoms with Gasteiger partial charge < -0.3 is 4.90 Å². The quantitative estimate of drug-likeness (QED) is 0.161. The van der Waals surface area contributed by atoms with Gasteiger partial charge in [0.05, 0.1) is 0 Å². The predicted octanol–water partition coefficient (Wildman–Crippen LogP) is 14.5. The van der Waals surface area contributed by atoms with Crippen LogP contribution in [0, 0.1) is 11.6 Å². The highest BCUT2D eigenvalue weighted by atomic mass is 32.1. The Kier molecular flexibility index (Phi) is 8.15. The molecule has 52 heavy (non-hydrogen) atoms. The monoisotopic (exact) mass is 691 g/mol. The van der Waals surface area contributed by atoms with Gasteiger partial charge in [0.15, 0.2) is 0 Å². The van der Waals surface area contributed by atoms with Crippen molar-refractivity contribution >= 4 is 48.6 Å². The van der Waals surface area contributed by atoms with Gasteiger partial charge in [-0.2, -0.15) is 0 Å². The number of halogens is 2. The van der Waals surface area contributed by atoms with Gasteiger partial charge in [-0.3, -0.25) is 0 Å². The SMILES string of the molecule is Fc1cc(-c2ccc(N(c3ccc(-c4ccccc4)cc3)c3ccc(-c4ccccc4)cc3)cc2)c(F)c(-c2cccc3c2sc2ccccc23)c1. The predicted molar refractivity (Wildman–Crippen MR) is 216 cm³/mol. The molecular weight excluding hydrogens is 661 g/mol. The highest BCUT2D eigenvalue weighted by Crippen LogP contribution is 2.43. The molecule has 0 fully saturated rings. The molecule has 0 saturated heterocycles. The molecule has 0 unspecified atom stereocenters. The average Bonchev–Trinajstić information content (AvgIpc) is 3.59. The van der Waals surface area contributed by atoms with Crippen LogP contribution in [0.1, 0.15) is 0 Å². The van der Waals surface area contributed by atoms with Crippen molar-refractivity contribution in [3.63, 3.8) is 0 Å². The first-order valence-corrected chi connectivity index (χ1v) is 18.0. The third kappa shape index (κ3) is 5.83. The van der Waals surface area contributed by atoms with Crippen LogP contribution < -0.4 is 4.90 Å². The molecule has 0 radical (unpaired) electrons. The van der Waals surface area contributed by atoms with E-state index in [1.807, 2.05) is 91.0 Å². The van der Waals surface area contributed by atoms with Crippen LogP contribution in [0.4, 0.5) is 25.8 Å². The number of rotatable bonds is 7. The summed E-state index contributed by atoms with van der Waals surface area (Å²) in [6.07, 6.45) is 0. The van der Waals surface area contributed by atoms with E-state index in [2.05, 4.69) is 89.8 Å². The summed E-state index contributed by atoms with van der Waals surface area (Å²) in [6, 6.07) is 61.9. The molecule has 0 aliphatic rings. The van der Waals surface area contributed by atoms with Crippen LogP contribution in [0.15, 0.2) is 188 Å². The molecule has 9 rings (SSSR count). The molecule has 0 N–H and O–H groups in total. The van der Waals surface area contributed by atoms with E-state index < -0.39 is 11.6 Å². The minimum atomic E-state index is -0.479. The minimum Gasteiger partial charge on any atom is -0.311 e. The number of thiophene rings is 1. The molecule has 0 spiro atoms. The fourth-order valence-electron chi connectivity index (χ4n) is 7.06. The van der Waals surface area contributed by atoms with E-state index in [0.717, 1.165) is 59.5 Å². The van der Waals surface area contributed by atoms with Crippen molar-refractivity contribution < 1.29 is 8.78 Å². The van der Waals surface area contributed by atoms with E-state index in [9.17, 15) is 0 Å². The maximum Gasteiger partial charge on any atom is 0.139 e. The second kappa shape index (κ2) is 13.4. The van der Waals surface area contributed by atoms with Gasteiger partial charge in [-0.05, 0) is 82.4 Å². The van der Waals surface area contributed by atoms with Crippen molar-refractivity contribution in [2.45, 2.75) is 0 Å². The fraction of sp³-hybridized carbons (Fsp3) is 0. The van der Waals surface area contributed by atoms with E-state index >= 15 is 8.78 Å². The summed E-state index contributed by atoms with van der Waals surface area (Å²) in [4.78, 5) is 2.18. The maximum absolute atomic E-state index is 16.6. The highest BCUT2D eigenvalue weighted by molar-refractivity contribution is 7.26. The zero-order valence-corrected chi connectivity index (χ0v) is 28.8. The molecule has 0 saturated carbocycles. The molecule has 1 aromatic heterocycles. The first-order chi connectivity index (χ1) is 25.6. The summed E-state index contributed by atoms with van der Waals surface area (Å²) < 4.78 is 34.0. The summed E-state index contributed by atoms with van der Waals surface area (Å²) in [5, 5.41) is 2.16. The maximum atomic E-state index is 16.6. The number of nitrogens with zero attached hydrogens (tertiary/aromatic N) is 1. The first-order valence-electron chi connectivity index (χ1n) is 17.2. The van der Waals surface area contributed by atoms with Gasteiger partial charge in [0.2, 0.25) is 0 Å². The smallest absolute Gasteiger partial charge is 0.139 e. The van der Waals surface area contributed by atoms with Crippen LogP contribution in [0.2, 0.25) is 0 Å². The summed E-state index contributed by atoms with van der Waals surface area (Å²) in [7, 11) is 0. The standard InChI is InChI=1S/C48H31F2NS/c49-37-30-44(47(50)45(31-37)43-16-9-15-42-41-14-7-8-17-46(41)52-48(42)43)36-22-28-40(29-23-36)51(38-24-18-34(19-25-38)32-10-3-1-4-11-32)39-26-20-35(21-27-39)33-12-5-2-6-13-33/h1-31H. The van der Waals surface area contributed by atoms with Crippen LogP contribution in [-0.2, 0) is 0 Å². The number of hydrogen-bond acceptors (Lipinski definition) is 2. The zero-order valence-electron chi connectivity index (χ0n) is 28.0. The first kappa shape index (κ1) is 31.6. The summed E-state index contributed by atoms with van der Waals surface area (Å²) in [6.45, 7) is 0. The lowest BCUT2D eigenvalue weighted by Crippen LogP contribution is -2.09. The van der Waals surface area contributed by atoms with Crippen molar-refractivity contribution in [2.24, 2.45) is 0 Å². The Balaban J connectivity index is 1.11. The van der Waals surface area contributed by atoms with Gasteiger partial charge in [-0.1, -0.05) is 133 Å². The Hall–Kier alpha value is -6.36. The van der Waals surface area contributed by atoms with Gasteiger partial charge in [-0.25, -0.2) is 8.78 Å². The lowest BCUT2D eigenvalue weighted by atomic mass is 9.96. The lowest BCUT2D eigenvalue weighted by Gasteiger charge is -2.26. The summed E-state index contributed by atoms with van der Waals surface area (Å²) in [5.74, 6) is -0.920. The van der Waals surface area contributed by atoms with Gasteiger partial charge in [0, 0.05) is 53.9 Å². The lowest BCUT2D eigenvalue weighted by molar-refractivity contribution is 0.606. The van der Waals surface area contributed by atoms with Crippen LogP contribution in [-0.4, -0.2) is 0 Å². The zero-order chi connectivity index (χ0) is 35.0. The van der Waals surface area contributed by atoms with Gasteiger partial charge in [0.25, 0.3) is 0 Å². The Labute approximate surface area is 305 Å². The second-order valence-electron chi connectivity index (χ2n) is 12.8. The Morgan fingerprint density at radius 1 is 0.365 bits per heavy atom. The normalized spacial score (nSPS) is 11.3. The molecule has 0 aliphatic heterocycles. The molecule has 0 aliphatic carbocycles. The topological polar surface area (TPSA) is 3.24 Å². The third-order valence-corrected chi connectivity index (χ3v) is 10.9. The van der Waals surface area contributed by atoms with E-state index in [-0.39, 0.29) is 11.1 Å². The van der Waals surface area contributed by atoms with Crippen molar-refractivity contribution in [3.05, 3.63) is 200 Å². The van der Waals surface area contributed by atoms with E-state index in [0.29, 0.717) is 11.1 Å². The molecule has 4 heteroatoms. The average molecular weight is 692 g/mol. The van der Waals surface area contributed by atoms with Crippen molar-refractivity contribution in [1.82, 2.24) is 0 Å². The number of benzene rings is 8. The molecule has 1 nitrogen and oxygen atoms in total. The van der Waals surface area contributed by atoms with Crippen molar-refractivity contribution in [1.29, 1.82) is 0 Å². The highest BCUT2D eigenvalue weighted by Gasteiger charge is 2.19. The molecule has 9 aromatic rings. The van der Waals surface area contributed by atoms with Crippen LogP contribution in [0.25, 0.3) is 64.7 Å². The van der Waals surface area contributed by atoms with E-state index in [1.165, 1.54) is 12.1 Å². The Morgan fingerprint density at radius 2 is 0.827 bits per heavy atom. The van der Waals surface area contributed by atoms with Crippen molar-refractivity contribution in [3.8, 4) is 44.5 Å². The van der Waals surface area contributed by atoms with E-state index in [1.54, 1.807) is 11.3 Å². The van der Waals surface area contributed by atoms with Gasteiger partial charge in [-0.15, -0.1) is 11.3 Å². The molecule has 248 valence electrons. The van der Waals surface area contributed by atoms with Gasteiger partial charge >= 0.3 is 0 Å². The number of fused-ring (bicyclic) bond motifs is 3. The Bertz CT molecular complexity index is 2580. The van der Waals surface area contributed by atoms with E-state index in [4.69, 9.17) is 0 Å². The molecule has 1 heterocycles. The largest absolute Gasteiger partial charge is 0.311 e. The second-order valence-corrected chi connectivity index (χ2v) is 13.9. The summed E-state index contributed by atoms with van der Waals surface area (Å²) in [5.41, 5.74) is 9.20. The van der Waals surface area contributed by atoms with Crippen LogP contribution in [0.5, 0.6) is 0 Å². The molecular formula is C48H31F2NS. The number of anilines is 3. The third-order valence-electron chi connectivity index (χ3n) is 9.63. The number of hydrogen-bond donors (Lipinski definition) is 0. The molecule has 8 aromatic carbocycles. The molecule has 0 amide bonds. The molecule has 0 atom stereocenters. The minimum absolute atomic E-state index is 0.227. The summed E-state index contributed by atoms with van der Waals surface area (Å²) >= 11 is 1.60. The van der Waals surface area contributed by atoms with Crippen LogP contribution >= 0.6 is 11.3 Å². The van der Waals surface area contributed by atoms with Crippen LogP contribution in [0.3, 0.4) is 0 Å². The molecule has 0 bridgehead atoms.